The molecule has 0 unspecified atom stereocenters. The van der Waals surface area contributed by atoms with E-state index < -0.39 is 0 Å². The highest BCUT2D eigenvalue weighted by Gasteiger charge is 2.26. The summed E-state index contributed by atoms with van der Waals surface area (Å²) in [6.45, 7) is 8.59. The Balaban J connectivity index is 2.55. The first-order chi connectivity index (χ1) is 6.89. The predicted molar refractivity (Wildman–Crippen MR) is 64.8 cm³/mol. The van der Waals surface area contributed by atoms with Crippen LogP contribution in [0, 0.1) is 5.41 Å². The monoisotopic (exact) mass is 206 g/mol. The minimum atomic E-state index is 0.173. The lowest BCUT2D eigenvalue weighted by atomic mass is 9.76. The van der Waals surface area contributed by atoms with Crippen molar-refractivity contribution in [1.29, 1.82) is 0 Å². The summed E-state index contributed by atoms with van der Waals surface area (Å²) in [5.41, 5.74) is 2.86. The third-order valence-electron chi connectivity index (χ3n) is 2.74. The second kappa shape index (κ2) is 4.78. The molecule has 0 aromatic rings. The number of hydrogen-bond donors (Lipinski definition) is 0. The molecule has 0 fully saturated rings. The lowest BCUT2D eigenvalue weighted by Crippen LogP contribution is -2.21. The van der Waals surface area contributed by atoms with E-state index in [9.17, 15) is 4.79 Å². The molecule has 1 heteroatoms. The van der Waals surface area contributed by atoms with Crippen molar-refractivity contribution in [3.8, 4) is 0 Å². The van der Waals surface area contributed by atoms with Gasteiger partial charge in [-0.3, -0.25) is 4.79 Å². The zero-order chi connectivity index (χ0) is 11.5. The summed E-state index contributed by atoms with van der Waals surface area (Å²) in [7, 11) is 0. The van der Waals surface area contributed by atoms with E-state index in [0.29, 0.717) is 12.2 Å². The van der Waals surface area contributed by atoms with Crippen molar-refractivity contribution < 1.29 is 4.79 Å². The van der Waals surface area contributed by atoms with Crippen LogP contribution in [0.4, 0.5) is 0 Å². The fraction of sp³-hybridized carbons (Fsp3) is 0.643. The Labute approximate surface area is 93.3 Å². The van der Waals surface area contributed by atoms with Crippen molar-refractivity contribution in [3.05, 3.63) is 23.3 Å². The van der Waals surface area contributed by atoms with Crippen LogP contribution < -0.4 is 0 Å². The quantitative estimate of drug-likeness (QED) is 0.637. The van der Waals surface area contributed by atoms with Crippen LogP contribution >= 0.6 is 0 Å². The van der Waals surface area contributed by atoms with E-state index in [0.717, 1.165) is 19.3 Å². The van der Waals surface area contributed by atoms with E-state index >= 15 is 0 Å². The summed E-state index contributed by atoms with van der Waals surface area (Å²) in [6, 6.07) is 0. The normalized spacial score (nSPS) is 19.7. The predicted octanol–water partition coefficient (Wildman–Crippen LogP) is 4.05. The molecule has 15 heavy (non-hydrogen) atoms. The summed E-state index contributed by atoms with van der Waals surface area (Å²) in [6.07, 6.45) is 8.00. The van der Waals surface area contributed by atoms with Crippen LogP contribution in [0.3, 0.4) is 0 Å². The first-order valence-electron chi connectivity index (χ1n) is 5.75. The van der Waals surface area contributed by atoms with Gasteiger partial charge in [0.15, 0.2) is 5.78 Å². The lowest BCUT2D eigenvalue weighted by Gasteiger charge is -2.28. The molecule has 0 bridgehead atoms. The number of allylic oxidation sites excluding steroid dienone is 4. The van der Waals surface area contributed by atoms with Crippen molar-refractivity contribution >= 4 is 5.78 Å². The molecule has 0 amide bonds. The van der Waals surface area contributed by atoms with Gasteiger partial charge in [-0.15, -0.1) is 0 Å². The van der Waals surface area contributed by atoms with Gasteiger partial charge >= 0.3 is 0 Å². The Hall–Kier alpha value is -0.850. The zero-order valence-electron chi connectivity index (χ0n) is 10.4. The molecule has 0 saturated carbocycles. The Morgan fingerprint density at radius 3 is 2.60 bits per heavy atom. The molecule has 1 aliphatic rings. The molecule has 1 aliphatic carbocycles. The molecule has 1 rings (SSSR count). The van der Waals surface area contributed by atoms with Gasteiger partial charge in [0.25, 0.3) is 0 Å². The third kappa shape index (κ3) is 4.46. The Bertz CT molecular complexity index is 301. The topological polar surface area (TPSA) is 17.1 Å². The molecule has 0 aromatic carbocycles. The summed E-state index contributed by atoms with van der Waals surface area (Å²) in [5, 5.41) is 0. The van der Waals surface area contributed by atoms with Gasteiger partial charge in [-0.2, -0.15) is 0 Å². The summed E-state index contributed by atoms with van der Waals surface area (Å²) in [5.74, 6) is 0.304. The Morgan fingerprint density at radius 1 is 1.40 bits per heavy atom. The van der Waals surface area contributed by atoms with Crippen LogP contribution in [0.2, 0.25) is 0 Å². The molecule has 0 spiro atoms. The average Bonchev–Trinajstić information content (AvgIpc) is 1.98. The first kappa shape index (κ1) is 12.2. The van der Waals surface area contributed by atoms with Gasteiger partial charge in [0, 0.05) is 6.42 Å². The van der Waals surface area contributed by atoms with Crippen molar-refractivity contribution in [2.75, 3.05) is 0 Å². The number of carbonyl (C=O) groups is 1. The molecule has 0 aliphatic heterocycles. The molecule has 0 saturated heterocycles. The molecule has 0 aromatic heterocycles. The molecular weight excluding hydrogens is 184 g/mol. The van der Waals surface area contributed by atoms with Gasteiger partial charge in [-0.05, 0) is 44.6 Å². The van der Waals surface area contributed by atoms with Crippen LogP contribution in [0.15, 0.2) is 23.3 Å². The highest BCUT2D eigenvalue weighted by atomic mass is 16.1. The smallest absolute Gasteiger partial charge is 0.156 e. The van der Waals surface area contributed by atoms with Crippen LogP contribution in [-0.4, -0.2) is 5.78 Å². The molecule has 1 nitrogen and oxygen atoms in total. The number of ketones is 1. The summed E-state index contributed by atoms with van der Waals surface area (Å²) < 4.78 is 0. The molecule has 84 valence electrons. The average molecular weight is 206 g/mol. The molecule has 0 radical (unpaired) electrons. The van der Waals surface area contributed by atoms with Gasteiger partial charge in [-0.25, -0.2) is 0 Å². The van der Waals surface area contributed by atoms with E-state index in [1.807, 2.05) is 6.08 Å². The van der Waals surface area contributed by atoms with Crippen molar-refractivity contribution in [1.82, 2.24) is 0 Å². The number of rotatable bonds is 3. The van der Waals surface area contributed by atoms with E-state index in [4.69, 9.17) is 0 Å². The minimum Gasteiger partial charge on any atom is -0.295 e. The van der Waals surface area contributed by atoms with Gasteiger partial charge < -0.3 is 0 Å². The fourth-order valence-corrected chi connectivity index (χ4v) is 2.19. The van der Waals surface area contributed by atoms with E-state index in [1.165, 1.54) is 11.1 Å². The van der Waals surface area contributed by atoms with E-state index in [2.05, 4.69) is 33.8 Å². The molecule has 0 atom stereocenters. The standard InChI is InChI=1S/C14H22O/c1-11(2)6-5-7-12-8-13(15)10-14(3,4)9-12/h6,8H,5,7,9-10H2,1-4H3. The van der Waals surface area contributed by atoms with Gasteiger partial charge in [0.05, 0.1) is 0 Å². The van der Waals surface area contributed by atoms with Gasteiger partial charge in [-0.1, -0.05) is 31.1 Å². The third-order valence-corrected chi connectivity index (χ3v) is 2.74. The maximum absolute atomic E-state index is 11.5. The summed E-state index contributed by atoms with van der Waals surface area (Å²) in [4.78, 5) is 11.5. The van der Waals surface area contributed by atoms with Crippen LogP contribution in [0.1, 0.15) is 53.4 Å². The van der Waals surface area contributed by atoms with E-state index in [-0.39, 0.29) is 5.41 Å². The van der Waals surface area contributed by atoms with Crippen LogP contribution in [-0.2, 0) is 4.79 Å². The van der Waals surface area contributed by atoms with Crippen molar-refractivity contribution in [3.63, 3.8) is 0 Å². The maximum atomic E-state index is 11.5. The summed E-state index contributed by atoms with van der Waals surface area (Å²) >= 11 is 0. The maximum Gasteiger partial charge on any atom is 0.156 e. The molecule has 0 heterocycles. The Kier molecular flexibility index (Phi) is 3.90. The molecule has 0 N–H and O–H groups in total. The fourth-order valence-electron chi connectivity index (χ4n) is 2.19. The van der Waals surface area contributed by atoms with E-state index in [1.54, 1.807) is 0 Å². The minimum absolute atomic E-state index is 0.173. The first-order valence-corrected chi connectivity index (χ1v) is 5.75. The second-order valence-electron chi connectivity index (χ2n) is 5.61. The zero-order valence-corrected chi connectivity index (χ0v) is 10.4. The second-order valence-corrected chi connectivity index (χ2v) is 5.61. The molecular formula is C14H22O. The SMILES string of the molecule is CC(C)=CCCC1=CC(=O)CC(C)(C)C1. The largest absolute Gasteiger partial charge is 0.295 e. The van der Waals surface area contributed by atoms with Gasteiger partial charge in [0.2, 0.25) is 0 Å². The number of carbonyl (C=O) groups excluding carboxylic acids is 1. The lowest BCUT2D eigenvalue weighted by molar-refractivity contribution is -0.117. The van der Waals surface area contributed by atoms with Gasteiger partial charge in [0.1, 0.15) is 0 Å². The van der Waals surface area contributed by atoms with Crippen molar-refractivity contribution in [2.24, 2.45) is 5.41 Å². The van der Waals surface area contributed by atoms with Crippen LogP contribution in [0.5, 0.6) is 0 Å². The number of hydrogen-bond acceptors (Lipinski definition) is 1. The van der Waals surface area contributed by atoms with Crippen LogP contribution in [0.25, 0.3) is 0 Å². The van der Waals surface area contributed by atoms with Crippen molar-refractivity contribution in [2.45, 2.75) is 53.4 Å². The Morgan fingerprint density at radius 2 is 2.07 bits per heavy atom. The highest BCUT2D eigenvalue weighted by Crippen LogP contribution is 2.35. The highest BCUT2D eigenvalue weighted by molar-refractivity contribution is 5.91.